The molecule has 5 rings (SSSR count). The van der Waals surface area contributed by atoms with E-state index in [1.54, 1.807) is 7.11 Å². The summed E-state index contributed by atoms with van der Waals surface area (Å²) in [5, 5.41) is 10.2. The topological polar surface area (TPSA) is 47.9 Å². The van der Waals surface area contributed by atoms with Crippen molar-refractivity contribution in [2.45, 2.75) is 63.3 Å². The summed E-state index contributed by atoms with van der Waals surface area (Å²) in [6.45, 7) is 1.99. The van der Waals surface area contributed by atoms with Crippen molar-refractivity contribution in [3.05, 3.63) is 29.3 Å². The summed E-state index contributed by atoms with van der Waals surface area (Å²) < 4.78 is 16.7. The van der Waals surface area contributed by atoms with Gasteiger partial charge in [0, 0.05) is 12.7 Å². The van der Waals surface area contributed by atoms with Gasteiger partial charge in [0.15, 0.2) is 13.1 Å². The molecule has 1 aromatic rings. The Balaban J connectivity index is 1.65. The molecule has 2 atom stereocenters. The molecule has 0 aromatic heterocycles. The third kappa shape index (κ3) is 3.61. The Bertz CT molecular complexity index is 684. The van der Waals surface area contributed by atoms with Gasteiger partial charge in [-0.3, -0.25) is 0 Å². The van der Waals surface area contributed by atoms with E-state index < -0.39 is 6.10 Å². The fraction of sp³-hybridized carbons (Fsp3) is 0.652. The molecule has 4 aliphatic rings. The normalized spacial score (nSPS) is 33.5. The highest BCUT2D eigenvalue weighted by Gasteiger charge is 2.52. The first-order chi connectivity index (χ1) is 13.0. The predicted octanol–water partition coefficient (Wildman–Crippen LogP) is 4.17. The molecule has 1 aromatic carbocycles. The zero-order chi connectivity index (χ0) is 19.0. The average molecular weight is 370 g/mol. The van der Waals surface area contributed by atoms with Crippen LogP contribution in [0.25, 0.3) is 0 Å². The first-order valence-electron chi connectivity index (χ1n) is 10.1. The van der Waals surface area contributed by atoms with Crippen LogP contribution in [-0.2, 0) is 14.9 Å². The van der Waals surface area contributed by atoms with Crippen LogP contribution < -0.4 is 4.74 Å². The molecular weight excluding hydrogens is 340 g/mol. The number of ether oxygens (including phenoxy) is 3. The summed E-state index contributed by atoms with van der Waals surface area (Å²) in [6, 6.07) is 5.90. The van der Waals surface area contributed by atoms with Crippen molar-refractivity contribution < 1.29 is 19.3 Å². The van der Waals surface area contributed by atoms with Crippen LogP contribution in [-0.4, -0.2) is 25.3 Å². The van der Waals surface area contributed by atoms with E-state index in [4.69, 9.17) is 20.6 Å². The highest BCUT2D eigenvalue weighted by atomic mass is 16.7. The monoisotopic (exact) mass is 370 g/mol. The molecule has 0 saturated heterocycles. The first-order valence-corrected chi connectivity index (χ1v) is 10.1. The van der Waals surface area contributed by atoms with E-state index in [1.807, 2.05) is 19.1 Å². The van der Waals surface area contributed by atoms with Crippen molar-refractivity contribution >= 4 is 0 Å². The van der Waals surface area contributed by atoms with Crippen molar-refractivity contribution in [1.82, 2.24) is 0 Å². The van der Waals surface area contributed by atoms with Crippen LogP contribution in [0.1, 0.15) is 62.7 Å². The second kappa shape index (κ2) is 7.47. The van der Waals surface area contributed by atoms with Crippen LogP contribution in [0.15, 0.2) is 18.2 Å². The van der Waals surface area contributed by atoms with Crippen LogP contribution in [0.3, 0.4) is 0 Å². The van der Waals surface area contributed by atoms with Crippen molar-refractivity contribution in [2.75, 3.05) is 13.9 Å². The van der Waals surface area contributed by atoms with Gasteiger partial charge in [0.2, 0.25) is 0 Å². The van der Waals surface area contributed by atoms with Crippen molar-refractivity contribution in [3.8, 4) is 18.1 Å². The summed E-state index contributed by atoms with van der Waals surface area (Å²) >= 11 is 0. The van der Waals surface area contributed by atoms with Crippen LogP contribution in [0.4, 0.5) is 0 Å². The van der Waals surface area contributed by atoms with Gasteiger partial charge in [0.05, 0.1) is 0 Å². The van der Waals surface area contributed by atoms with Gasteiger partial charge < -0.3 is 19.3 Å². The Labute approximate surface area is 162 Å². The smallest absolute Gasteiger partial charge is 0.191 e. The number of aliphatic hydroxyl groups excluding tert-OH is 1. The summed E-state index contributed by atoms with van der Waals surface area (Å²) in [7, 11) is 1.61. The number of aliphatic hydroxyl groups is 1. The maximum atomic E-state index is 10.2. The zero-order valence-electron chi connectivity index (χ0n) is 16.3. The second-order valence-corrected chi connectivity index (χ2v) is 8.75. The predicted molar refractivity (Wildman–Crippen MR) is 103 cm³/mol. The van der Waals surface area contributed by atoms with E-state index in [9.17, 15) is 5.11 Å². The maximum Gasteiger partial charge on any atom is 0.191 e. The Morgan fingerprint density at radius 1 is 1.19 bits per heavy atom. The van der Waals surface area contributed by atoms with Gasteiger partial charge in [-0.2, -0.15) is 0 Å². The molecule has 0 amide bonds. The minimum atomic E-state index is -0.878. The summed E-state index contributed by atoms with van der Waals surface area (Å²) in [6.07, 6.45) is 12.1. The van der Waals surface area contributed by atoms with Gasteiger partial charge in [-0.1, -0.05) is 12.0 Å². The van der Waals surface area contributed by atoms with Gasteiger partial charge in [0.25, 0.3) is 0 Å². The van der Waals surface area contributed by atoms with E-state index >= 15 is 0 Å². The molecule has 4 fully saturated rings. The lowest BCUT2D eigenvalue weighted by atomic mass is 9.48. The van der Waals surface area contributed by atoms with Crippen LogP contribution in [0.5, 0.6) is 5.75 Å². The highest BCUT2D eigenvalue weighted by molar-refractivity contribution is 5.45. The number of rotatable bonds is 7. The molecule has 27 heavy (non-hydrogen) atoms. The molecule has 0 spiro atoms. The van der Waals surface area contributed by atoms with E-state index in [1.165, 1.54) is 44.1 Å². The molecule has 146 valence electrons. The Hall–Kier alpha value is -1.54. The second-order valence-electron chi connectivity index (χ2n) is 8.75. The Morgan fingerprint density at radius 2 is 1.81 bits per heavy atom. The number of terminal acetylenes is 1. The Morgan fingerprint density at radius 3 is 2.37 bits per heavy atom. The molecule has 1 N–H and O–H groups in total. The lowest BCUT2D eigenvalue weighted by molar-refractivity contribution is -0.150. The highest BCUT2D eigenvalue weighted by Crippen LogP contribution is 2.62. The van der Waals surface area contributed by atoms with Crippen LogP contribution >= 0.6 is 0 Å². The molecule has 0 radical (unpaired) electrons. The summed E-state index contributed by atoms with van der Waals surface area (Å²) in [5.74, 6) is 5.78. The van der Waals surface area contributed by atoms with E-state index in [0.717, 1.165) is 29.1 Å². The summed E-state index contributed by atoms with van der Waals surface area (Å²) in [4.78, 5) is 0. The summed E-state index contributed by atoms with van der Waals surface area (Å²) in [5.41, 5.74) is 2.14. The number of hydrogen-bond donors (Lipinski definition) is 1. The van der Waals surface area contributed by atoms with Crippen LogP contribution in [0.2, 0.25) is 0 Å². The van der Waals surface area contributed by atoms with E-state index in [-0.39, 0.29) is 18.5 Å². The molecule has 4 bridgehead atoms. The van der Waals surface area contributed by atoms with Gasteiger partial charge in [-0.25, -0.2) is 0 Å². The minimum absolute atomic E-state index is 0.144. The zero-order valence-corrected chi connectivity index (χ0v) is 16.3. The van der Waals surface area contributed by atoms with Crippen molar-refractivity contribution in [3.63, 3.8) is 0 Å². The number of hydrogen-bond acceptors (Lipinski definition) is 4. The maximum absolute atomic E-state index is 10.2. The average Bonchev–Trinajstić information content (AvgIpc) is 2.66. The molecule has 4 nitrogen and oxygen atoms in total. The van der Waals surface area contributed by atoms with E-state index in [0.29, 0.717) is 0 Å². The van der Waals surface area contributed by atoms with Gasteiger partial charge >= 0.3 is 0 Å². The minimum Gasteiger partial charge on any atom is -0.467 e. The molecule has 0 aliphatic heterocycles. The lowest BCUT2D eigenvalue weighted by Crippen LogP contribution is -2.48. The Kier molecular flexibility index (Phi) is 5.20. The molecule has 2 unspecified atom stereocenters. The fourth-order valence-electron chi connectivity index (χ4n) is 6.06. The SMILES string of the molecule is C#CC(O)c1ccc(OCOC(C)OC)c(C23CC4CC(CC(C4)C2)C3)c1. The molecule has 0 heterocycles. The fourth-order valence-corrected chi connectivity index (χ4v) is 6.06. The van der Waals surface area contributed by atoms with Crippen molar-refractivity contribution in [1.29, 1.82) is 0 Å². The van der Waals surface area contributed by atoms with Crippen LogP contribution in [0, 0.1) is 30.1 Å². The molecule has 4 saturated carbocycles. The number of benzene rings is 1. The molecular formula is C23H30O4. The van der Waals surface area contributed by atoms with Crippen molar-refractivity contribution in [2.24, 2.45) is 17.8 Å². The number of methoxy groups -OCH3 is 1. The molecule has 4 aliphatic carbocycles. The van der Waals surface area contributed by atoms with Gasteiger partial charge in [-0.15, -0.1) is 6.42 Å². The largest absolute Gasteiger partial charge is 0.467 e. The van der Waals surface area contributed by atoms with Gasteiger partial charge in [0.1, 0.15) is 11.9 Å². The first kappa shape index (κ1) is 18.8. The molecule has 4 heteroatoms. The third-order valence-electron chi connectivity index (χ3n) is 6.94. The standard InChI is InChI=1S/C23H30O4/c1-4-21(24)19-5-6-22(27-14-26-15(2)25-3)20(10-19)23-11-16-7-17(12-23)9-18(8-16)13-23/h1,5-6,10,15-18,21,24H,7-9,11-14H2,2-3H3. The van der Waals surface area contributed by atoms with Gasteiger partial charge in [-0.05, 0) is 86.3 Å². The lowest BCUT2D eigenvalue weighted by Gasteiger charge is -2.57. The quantitative estimate of drug-likeness (QED) is 0.578. The third-order valence-corrected chi connectivity index (χ3v) is 6.94. The van der Waals surface area contributed by atoms with E-state index in [2.05, 4.69) is 12.0 Å².